The van der Waals surface area contributed by atoms with Crippen molar-refractivity contribution in [3.8, 4) is 135 Å². The predicted molar refractivity (Wildman–Crippen MR) is 392 cm³/mol. The molecule has 0 amide bonds. The topological polar surface area (TPSA) is 175 Å². The van der Waals surface area contributed by atoms with Crippen molar-refractivity contribution in [3.63, 3.8) is 0 Å². The summed E-state index contributed by atoms with van der Waals surface area (Å²) < 4.78 is 4.60. The molecule has 10 heteroatoms. The van der Waals surface area contributed by atoms with E-state index >= 15 is 0 Å². The maximum absolute atomic E-state index is 14.1. The second-order valence-corrected chi connectivity index (χ2v) is 22.4. The molecule has 0 radical (unpaired) electrons. The van der Waals surface area contributed by atoms with E-state index in [1.807, 2.05) is 182 Å². The number of aliphatic hydroxyl groups is 6. The largest absolute Gasteiger partial charge is 0.872 e. The number of rotatable bonds is 15. The second kappa shape index (κ2) is 35.7. The van der Waals surface area contributed by atoms with Crippen LogP contribution in [0.25, 0.3) is 123 Å². The zero-order valence-corrected chi connectivity index (χ0v) is 54.1. The van der Waals surface area contributed by atoms with Crippen LogP contribution in [0.1, 0.15) is 0 Å². The average Bonchev–Trinajstić information content (AvgIpc) is 0.763. The lowest BCUT2D eigenvalue weighted by molar-refractivity contribution is -0.572. The number of nitrogens with zero attached hydrogens (tertiary/aromatic N) is 2. The van der Waals surface area contributed by atoms with E-state index in [0.29, 0.717) is 22.3 Å². The summed E-state index contributed by atoms with van der Waals surface area (Å²) in [6.07, 6.45) is 0. The molecule has 0 fully saturated rings. The van der Waals surface area contributed by atoms with Crippen molar-refractivity contribution in [2.24, 2.45) is 0 Å². The fraction of sp³-hybridized carbons (Fsp3) is 0.0682. The van der Waals surface area contributed by atoms with E-state index < -0.39 is 0 Å². The Labute approximate surface area is 573 Å². The van der Waals surface area contributed by atoms with E-state index in [4.69, 9.17) is 30.6 Å². The Morgan fingerprint density at radius 3 is 0.500 bits per heavy atom. The van der Waals surface area contributed by atoms with Gasteiger partial charge in [-0.25, -0.2) is 0 Å². The molecule has 2 heterocycles. The lowest BCUT2D eigenvalue weighted by Gasteiger charge is -2.21. The minimum absolute atomic E-state index is 0.0187. The fourth-order valence-electron chi connectivity index (χ4n) is 11.4. The molecule has 486 valence electrons. The normalized spacial score (nSPS) is 10.5. The Balaban J connectivity index is 0.000000183. The Kier molecular flexibility index (Phi) is 25.2. The van der Waals surface area contributed by atoms with Gasteiger partial charge in [-0.1, -0.05) is 266 Å². The van der Waals surface area contributed by atoms with E-state index in [1.165, 1.54) is 0 Å². The highest BCUT2D eigenvalue weighted by molar-refractivity contribution is 5.86. The summed E-state index contributed by atoms with van der Waals surface area (Å²) in [7, 11) is 0. The van der Waals surface area contributed by atoms with Gasteiger partial charge in [0, 0.05) is 70.8 Å². The zero-order valence-electron chi connectivity index (χ0n) is 54.1. The van der Waals surface area contributed by atoms with Crippen molar-refractivity contribution in [2.45, 2.75) is 0 Å². The maximum atomic E-state index is 14.1. The van der Waals surface area contributed by atoms with Gasteiger partial charge in [0.2, 0.25) is 34.2 Å². The standard InChI is InChI=1S/2C41H29NO.3C2H6O2/c2*43-41-37(31-18-8-2-9-19-31)28-36(29-38(41)32-20-10-3-11-21-32)42-39(33-22-12-4-13-23-33)26-35(30-16-6-1-7-17-30)27-40(42)34-24-14-5-15-25-34;3*3-1-2-4/h2*1-29H;3*3-4H,1-2H2. The molecule has 0 aliphatic rings. The van der Waals surface area contributed by atoms with Crippen LogP contribution < -0.4 is 19.3 Å². The Hall–Kier alpha value is -11.7. The molecule has 6 N–H and O–H groups in total. The summed E-state index contributed by atoms with van der Waals surface area (Å²) in [6, 6.07) is 120. The van der Waals surface area contributed by atoms with Gasteiger partial charge >= 0.3 is 0 Å². The minimum Gasteiger partial charge on any atom is -0.872 e. The maximum Gasteiger partial charge on any atom is 0.219 e. The smallest absolute Gasteiger partial charge is 0.219 e. The van der Waals surface area contributed by atoms with E-state index in [2.05, 4.69) is 179 Å². The van der Waals surface area contributed by atoms with Crippen LogP contribution in [-0.2, 0) is 0 Å². The number of hydrogen-bond donors (Lipinski definition) is 6. The summed E-state index contributed by atoms with van der Waals surface area (Å²) in [6.45, 7) is -0.750. The van der Waals surface area contributed by atoms with Gasteiger partial charge in [0.15, 0.2) is 0 Å². The molecule has 2 aromatic heterocycles. The van der Waals surface area contributed by atoms with Crippen LogP contribution in [0.5, 0.6) is 11.5 Å². The molecule has 0 bridgehead atoms. The van der Waals surface area contributed by atoms with Crippen molar-refractivity contribution in [1.29, 1.82) is 0 Å². The first kappa shape index (κ1) is 69.1. The minimum atomic E-state index is -0.125. The molecular formula is C88H76N2O8. The van der Waals surface area contributed by atoms with Gasteiger partial charge in [-0.3, -0.25) is 0 Å². The lowest BCUT2D eigenvalue weighted by Crippen LogP contribution is -2.36. The summed E-state index contributed by atoms with van der Waals surface area (Å²) >= 11 is 0. The van der Waals surface area contributed by atoms with Crippen molar-refractivity contribution < 1.29 is 50.0 Å². The van der Waals surface area contributed by atoms with Gasteiger partial charge in [-0.2, -0.15) is 9.13 Å². The quantitative estimate of drug-likeness (QED) is 0.0550. The average molecular weight is 1290 g/mol. The highest BCUT2D eigenvalue weighted by Gasteiger charge is 2.29. The van der Waals surface area contributed by atoms with Gasteiger partial charge in [-0.05, 0) is 115 Å². The zero-order chi connectivity index (χ0) is 68.3. The molecule has 0 aliphatic heterocycles. The van der Waals surface area contributed by atoms with Crippen LogP contribution in [0.15, 0.2) is 352 Å². The van der Waals surface area contributed by atoms with Gasteiger partial charge in [0.25, 0.3) is 0 Å². The summed E-state index contributed by atoms with van der Waals surface area (Å²) in [5.41, 5.74) is 21.2. The van der Waals surface area contributed by atoms with Crippen molar-refractivity contribution in [3.05, 3.63) is 352 Å². The predicted octanol–water partition coefficient (Wildman–Crippen LogP) is 15.7. The van der Waals surface area contributed by atoms with Crippen LogP contribution in [0.4, 0.5) is 0 Å². The highest BCUT2D eigenvalue weighted by atomic mass is 16.3. The molecule has 98 heavy (non-hydrogen) atoms. The number of aromatic nitrogens is 2. The first-order valence-electron chi connectivity index (χ1n) is 32.4. The number of hydrogen-bond acceptors (Lipinski definition) is 8. The van der Waals surface area contributed by atoms with E-state index in [0.717, 1.165) is 101 Å². The number of pyridine rings is 2. The first-order valence-corrected chi connectivity index (χ1v) is 32.4. The van der Waals surface area contributed by atoms with Crippen LogP contribution in [-0.4, -0.2) is 70.3 Å². The molecule has 12 aromatic carbocycles. The summed E-state index contributed by atoms with van der Waals surface area (Å²) in [4.78, 5) is 0. The van der Waals surface area contributed by atoms with Gasteiger partial charge in [-0.15, -0.1) is 0 Å². The molecule has 0 saturated carbocycles. The molecule has 0 unspecified atom stereocenters. The van der Waals surface area contributed by atoms with Gasteiger partial charge in [0.1, 0.15) is 0 Å². The fourth-order valence-corrected chi connectivity index (χ4v) is 11.4. The Bertz CT molecular complexity index is 4160. The molecule has 14 aromatic rings. The monoisotopic (exact) mass is 1290 g/mol. The lowest BCUT2D eigenvalue weighted by atomic mass is 9.94. The first-order chi connectivity index (χ1) is 48.3. The summed E-state index contributed by atoms with van der Waals surface area (Å²) in [5, 5.41) is 73.9. The Morgan fingerprint density at radius 1 is 0.184 bits per heavy atom. The highest BCUT2D eigenvalue weighted by Crippen LogP contribution is 2.42. The second-order valence-electron chi connectivity index (χ2n) is 22.4. The number of aliphatic hydroxyl groups excluding tert-OH is 6. The molecule has 10 nitrogen and oxygen atoms in total. The molecule has 0 atom stereocenters. The molecule has 0 saturated heterocycles. The SMILES string of the molecule is OCCO.OCCO.OCCO.[O-]c1c(-c2ccccc2)cc(-[n+]2c(-c3ccccc3)cc(-c3ccccc3)cc2-c2ccccc2)cc1-c1ccccc1.[O-]c1c(-c2ccccc2)cc(-[n+]2c(-c3ccccc3)cc(-c3ccccc3)cc2-c2ccccc2)cc1-c1ccccc1. The molecular weight excluding hydrogens is 1210 g/mol. The van der Waals surface area contributed by atoms with Crippen molar-refractivity contribution in [2.75, 3.05) is 39.6 Å². The molecule has 14 rings (SSSR count). The van der Waals surface area contributed by atoms with Gasteiger partial charge in [0.05, 0.1) is 39.6 Å². The Morgan fingerprint density at radius 2 is 0.337 bits per heavy atom. The van der Waals surface area contributed by atoms with E-state index in [1.54, 1.807) is 0 Å². The third-order valence-electron chi connectivity index (χ3n) is 15.9. The third-order valence-corrected chi connectivity index (χ3v) is 15.9. The van der Waals surface area contributed by atoms with Crippen LogP contribution in [0.3, 0.4) is 0 Å². The van der Waals surface area contributed by atoms with Crippen LogP contribution >= 0.6 is 0 Å². The van der Waals surface area contributed by atoms with Crippen LogP contribution in [0, 0.1) is 0 Å². The third kappa shape index (κ3) is 17.4. The van der Waals surface area contributed by atoms with Crippen molar-refractivity contribution in [1.82, 2.24) is 0 Å². The van der Waals surface area contributed by atoms with Crippen molar-refractivity contribution >= 4 is 0 Å². The summed E-state index contributed by atoms with van der Waals surface area (Å²) in [5.74, 6) is 0.0374. The van der Waals surface area contributed by atoms with E-state index in [9.17, 15) is 10.2 Å². The molecule has 0 aliphatic carbocycles. The van der Waals surface area contributed by atoms with Crippen LogP contribution in [0.2, 0.25) is 0 Å². The van der Waals surface area contributed by atoms with Gasteiger partial charge < -0.3 is 40.9 Å². The molecule has 0 spiro atoms. The van der Waals surface area contributed by atoms with E-state index in [-0.39, 0.29) is 51.1 Å². The number of benzene rings is 12.